The van der Waals surface area contributed by atoms with Gasteiger partial charge in [-0.15, -0.1) is 0 Å². The fourth-order valence-electron chi connectivity index (χ4n) is 0. The maximum Gasteiger partial charge on any atom is 0.0563 e. The van der Waals surface area contributed by atoms with E-state index >= 15 is 0 Å². The Morgan fingerprint density at radius 2 is 1.17 bits per heavy atom. The minimum Gasteiger partial charge on any atom is -0.391 e. The molecule has 1 radical (unpaired) electrons. The smallest absolute Gasteiger partial charge is 0.0563 e. The molecule has 0 unspecified atom stereocenters. The number of hydrogen-bond donors (Lipinski definition) is 1. The van der Waals surface area contributed by atoms with Gasteiger partial charge in [-0.25, -0.2) is 0 Å². The van der Waals surface area contributed by atoms with E-state index in [1.807, 2.05) is 0 Å². The molecule has 0 rings (SSSR count). The van der Waals surface area contributed by atoms with Crippen LogP contribution < -0.4 is 0 Å². The minimum absolute atomic E-state index is 0. The second-order valence-corrected chi connectivity index (χ2v) is 2.17. The van der Waals surface area contributed by atoms with E-state index < -0.39 is 5.60 Å². The molecular formula is C4H10OY. The summed E-state index contributed by atoms with van der Waals surface area (Å²) in [4.78, 5) is 0. The van der Waals surface area contributed by atoms with Crippen LogP contribution in [-0.4, -0.2) is 10.7 Å². The van der Waals surface area contributed by atoms with E-state index in [9.17, 15) is 0 Å². The summed E-state index contributed by atoms with van der Waals surface area (Å²) < 4.78 is 0. The molecule has 6 heavy (non-hydrogen) atoms. The van der Waals surface area contributed by atoms with Gasteiger partial charge < -0.3 is 5.11 Å². The zero-order chi connectivity index (χ0) is 4.50. The van der Waals surface area contributed by atoms with Crippen molar-refractivity contribution in [3.63, 3.8) is 0 Å². The predicted octanol–water partition coefficient (Wildman–Crippen LogP) is 0.775. The molecule has 0 aliphatic carbocycles. The van der Waals surface area contributed by atoms with Crippen molar-refractivity contribution in [1.82, 2.24) is 0 Å². The Balaban J connectivity index is 0. The van der Waals surface area contributed by atoms with Crippen molar-refractivity contribution >= 4 is 0 Å². The normalized spacial score (nSPS) is 10.0. The van der Waals surface area contributed by atoms with Crippen molar-refractivity contribution in [3.05, 3.63) is 0 Å². The molecule has 0 atom stereocenters. The van der Waals surface area contributed by atoms with Crippen molar-refractivity contribution in [2.24, 2.45) is 0 Å². The van der Waals surface area contributed by atoms with Crippen molar-refractivity contribution in [1.29, 1.82) is 0 Å². The van der Waals surface area contributed by atoms with Crippen molar-refractivity contribution in [2.75, 3.05) is 0 Å². The monoisotopic (exact) mass is 163 g/mol. The van der Waals surface area contributed by atoms with Crippen LogP contribution in [0.5, 0.6) is 0 Å². The first-order valence-electron chi connectivity index (χ1n) is 1.72. The van der Waals surface area contributed by atoms with Crippen molar-refractivity contribution in [3.8, 4) is 0 Å². The molecule has 35 valence electrons. The average Bonchev–Trinajstić information content (AvgIpc) is 0.722. The van der Waals surface area contributed by atoms with Crippen molar-refractivity contribution in [2.45, 2.75) is 26.4 Å². The van der Waals surface area contributed by atoms with Gasteiger partial charge in [0.25, 0.3) is 0 Å². The van der Waals surface area contributed by atoms with Crippen LogP contribution in [0.2, 0.25) is 0 Å². The molecule has 0 heterocycles. The first kappa shape index (κ1) is 10.1. The fraction of sp³-hybridized carbons (Fsp3) is 1.00. The van der Waals surface area contributed by atoms with E-state index in [1.165, 1.54) is 0 Å². The average molecular weight is 163 g/mol. The largest absolute Gasteiger partial charge is 0.391 e. The van der Waals surface area contributed by atoms with Gasteiger partial charge in [-0.05, 0) is 20.8 Å². The summed E-state index contributed by atoms with van der Waals surface area (Å²) in [6.45, 7) is 5.23. The molecule has 0 saturated carbocycles. The number of hydrogen-bond acceptors (Lipinski definition) is 1. The van der Waals surface area contributed by atoms with Gasteiger partial charge >= 0.3 is 0 Å². The predicted molar refractivity (Wildman–Crippen MR) is 22.0 cm³/mol. The Morgan fingerprint density at radius 1 is 1.17 bits per heavy atom. The van der Waals surface area contributed by atoms with Gasteiger partial charge in [-0.2, -0.15) is 0 Å². The Kier molecular flexibility index (Phi) is 5.26. The van der Waals surface area contributed by atoms with Gasteiger partial charge in [0, 0.05) is 32.7 Å². The Labute approximate surface area is 64.0 Å². The topological polar surface area (TPSA) is 20.2 Å². The van der Waals surface area contributed by atoms with Crippen LogP contribution in [0.1, 0.15) is 20.8 Å². The maximum absolute atomic E-state index is 8.52. The first-order valence-corrected chi connectivity index (χ1v) is 1.72. The molecule has 2 heteroatoms. The summed E-state index contributed by atoms with van der Waals surface area (Å²) in [5, 5.41) is 8.52. The molecule has 0 fully saturated rings. The standard InChI is InChI=1S/C4H10O.Y/c1-4(2,3)5;/h5H,1-3H3;. The third-order valence-corrected chi connectivity index (χ3v) is 0. The van der Waals surface area contributed by atoms with E-state index in [0.29, 0.717) is 0 Å². The van der Waals surface area contributed by atoms with Crippen molar-refractivity contribution < 1.29 is 37.8 Å². The van der Waals surface area contributed by atoms with Crippen LogP contribution in [0.3, 0.4) is 0 Å². The molecule has 0 aromatic rings. The molecule has 0 aromatic heterocycles. The Morgan fingerprint density at radius 3 is 1.17 bits per heavy atom. The summed E-state index contributed by atoms with van der Waals surface area (Å²) in [6, 6.07) is 0. The van der Waals surface area contributed by atoms with Crippen LogP contribution >= 0.6 is 0 Å². The second kappa shape index (κ2) is 3.12. The summed E-state index contributed by atoms with van der Waals surface area (Å²) in [6.07, 6.45) is 0. The van der Waals surface area contributed by atoms with Crippen LogP contribution in [0.4, 0.5) is 0 Å². The summed E-state index contributed by atoms with van der Waals surface area (Å²) >= 11 is 0. The molecule has 0 amide bonds. The second-order valence-electron chi connectivity index (χ2n) is 2.17. The van der Waals surface area contributed by atoms with E-state index in [2.05, 4.69) is 0 Å². The van der Waals surface area contributed by atoms with Gasteiger partial charge in [-0.3, -0.25) is 0 Å². The van der Waals surface area contributed by atoms with Crippen LogP contribution in [0, 0.1) is 0 Å². The third kappa shape index (κ3) is 73.9. The van der Waals surface area contributed by atoms with E-state index in [4.69, 9.17) is 5.11 Å². The number of aliphatic hydroxyl groups is 1. The minimum atomic E-state index is -0.500. The molecule has 0 aliphatic heterocycles. The molecule has 1 nitrogen and oxygen atoms in total. The molecule has 0 saturated heterocycles. The van der Waals surface area contributed by atoms with E-state index in [-0.39, 0.29) is 32.7 Å². The van der Waals surface area contributed by atoms with Gasteiger partial charge in [-0.1, -0.05) is 0 Å². The van der Waals surface area contributed by atoms with Gasteiger partial charge in [0.1, 0.15) is 0 Å². The number of rotatable bonds is 0. The molecule has 0 spiro atoms. The third-order valence-electron chi connectivity index (χ3n) is 0. The molecule has 0 aromatic carbocycles. The first-order chi connectivity index (χ1) is 2.00. The van der Waals surface area contributed by atoms with Crippen LogP contribution in [0.15, 0.2) is 0 Å². The maximum atomic E-state index is 8.52. The summed E-state index contributed by atoms with van der Waals surface area (Å²) in [7, 11) is 0. The molecule has 0 aliphatic rings. The fourth-order valence-corrected chi connectivity index (χ4v) is 0. The van der Waals surface area contributed by atoms with Crippen LogP contribution in [0.25, 0.3) is 0 Å². The Bertz CT molecular complexity index is 23.0. The summed E-state index contributed by atoms with van der Waals surface area (Å²) in [5.74, 6) is 0. The van der Waals surface area contributed by atoms with Gasteiger partial charge in [0.2, 0.25) is 0 Å². The molecule has 1 N–H and O–H groups in total. The quantitative estimate of drug-likeness (QED) is 0.559. The van der Waals surface area contributed by atoms with Gasteiger partial charge in [0.15, 0.2) is 0 Å². The van der Waals surface area contributed by atoms with Gasteiger partial charge in [0.05, 0.1) is 5.60 Å². The zero-order valence-electron chi connectivity index (χ0n) is 4.52. The molecule has 0 bridgehead atoms. The van der Waals surface area contributed by atoms with E-state index in [0.717, 1.165) is 0 Å². The van der Waals surface area contributed by atoms with Crippen LogP contribution in [-0.2, 0) is 32.7 Å². The zero-order valence-corrected chi connectivity index (χ0v) is 7.36. The van der Waals surface area contributed by atoms with E-state index in [1.54, 1.807) is 20.8 Å². The SMILES string of the molecule is CC(C)(C)O.[Y]. The Hall–Kier alpha value is 1.06. The molecular weight excluding hydrogens is 153 g/mol. The summed E-state index contributed by atoms with van der Waals surface area (Å²) in [5.41, 5.74) is -0.500.